The average molecular weight is 479 g/mol. The number of hydrogen-bond donors (Lipinski definition) is 0. The third kappa shape index (κ3) is 4.32. The number of sulfone groups is 1. The second-order valence-corrected chi connectivity index (χ2v) is 12.1. The summed E-state index contributed by atoms with van der Waals surface area (Å²) in [6, 6.07) is 7.09. The van der Waals surface area contributed by atoms with Crippen molar-refractivity contribution in [2.45, 2.75) is 51.5 Å². The summed E-state index contributed by atoms with van der Waals surface area (Å²) in [5.41, 5.74) is 1.97. The number of thiocarbonyl (C=S) groups is 1. The number of amides is 2. The van der Waals surface area contributed by atoms with Gasteiger partial charge in [-0.05, 0) is 18.9 Å². The van der Waals surface area contributed by atoms with Gasteiger partial charge in [0.1, 0.15) is 4.32 Å². The van der Waals surface area contributed by atoms with Gasteiger partial charge in [-0.2, -0.15) is 0 Å². The lowest BCUT2D eigenvalue weighted by atomic mass is 10.1. The molecule has 0 aliphatic carbocycles. The molecule has 0 radical (unpaired) electrons. The highest BCUT2D eigenvalue weighted by atomic mass is 32.2. The van der Waals surface area contributed by atoms with Gasteiger partial charge in [-0.15, -0.1) is 0 Å². The molecule has 0 N–H and O–H groups in total. The monoisotopic (exact) mass is 478 g/mol. The standard InChI is InChI=1S/C22H26N2O4S3/c1-2-3-4-5-8-12-23-17-10-7-6-9-16(17)18(20(23)25)19-21(26)24(22(29)30-19)15-11-13-31(27,28)14-15/h6-7,9-10,15H,2-5,8,11-14H2,1H3/b19-18-/t15-/m1/s1. The summed E-state index contributed by atoms with van der Waals surface area (Å²) in [6.07, 6.45) is 5.86. The second-order valence-electron chi connectivity index (χ2n) is 8.19. The van der Waals surface area contributed by atoms with E-state index in [0.29, 0.717) is 27.8 Å². The molecule has 1 atom stereocenters. The van der Waals surface area contributed by atoms with Gasteiger partial charge < -0.3 is 4.90 Å². The first kappa shape index (κ1) is 22.5. The van der Waals surface area contributed by atoms with Gasteiger partial charge in [0.25, 0.3) is 11.8 Å². The third-order valence-electron chi connectivity index (χ3n) is 6.01. The molecule has 3 aliphatic rings. The fourth-order valence-electron chi connectivity index (χ4n) is 4.42. The highest BCUT2D eigenvalue weighted by Crippen LogP contribution is 2.45. The van der Waals surface area contributed by atoms with Crippen molar-refractivity contribution in [1.82, 2.24) is 4.90 Å². The lowest BCUT2D eigenvalue weighted by Gasteiger charge is -2.21. The summed E-state index contributed by atoms with van der Waals surface area (Å²) in [5.74, 6) is -0.527. The van der Waals surface area contributed by atoms with E-state index in [9.17, 15) is 18.0 Å². The van der Waals surface area contributed by atoms with Gasteiger partial charge >= 0.3 is 0 Å². The van der Waals surface area contributed by atoms with Crippen molar-refractivity contribution in [3.8, 4) is 0 Å². The van der Waals surface area contributed by atoms with Crippen LogP contribution in [0.3, 0.4) is 0 Å². The van der Waals surface area contributed by atoms with Crippen LogP contribution in [0.4, 0.5) is 5.69 Å². The topological polar surface area (TPSA) is 74.8 Å². The second kappa shape index (κ2) is 9.03. The highest BCUT2D eigenvalue weighted by molar-refractivity contribution is 8.26. The van der Waals surface area contributed by atoms with E-state index in [0.717, 1.165) is 42.3 Å². The van der Waals surface area contributed by atoms with E-state index >= 15 is 0 Å². The molecule has 0 saturated carbocycles. The van der Waals surface area contributed by atoms with Gasteiger partial charge in [0.15, 0.2) is 9.84 Å². The molecule has 0 aromatic heterocycles. The highest BCUT2D eigenvalue weighted by Gasteiger charge is 2.46. The minimum absolute atomic E-state index is 0.0637. The molecule has 0 spiro atoms. The summed E-state index contributed by atoms with van der Waals surface area (Å²) < 4.78 is 24.2. The molecule has 2 saturated heterocycles. The number of benzene rings is 1. The quantitative estimate of drug-likeness (QED) is 0.337. The molecule has 6 nitrogen and oxygen atoms in total. The number of thioether (sulfide) groups is 1. The van der Waals surface area contributed by atoms with E-state index < -0.39 is 15.9 Å². The predicted molar refractivity (Wildman–Crippen MR) is 129 cm³/mol. The summed E-state index contributed by atoms with van der Waals surface area (Å²) in [6.45, 7) is 2.79. The maximum absolute atomic E-state index is 13.4. The number of unbranched alkanes of at least 4 members (excludes halogenated alkanes) is 4. The number of para-hydroxylation sites is 1. The van der Waals surface area contributed by atoms with Crippen molar-refractivity contribution in [1.29, 1.82) is 0 Å². The largest absolute Gasteiger partial charge is 0.308 e. The van der Waals surface area contributed by atoms with Gasteiger partial charge in [0.2, 0.25) is 0 Å². The first-order valence-electron chi connectivity index (χ1n) is 10.8. The Labute approximate surface area is 193 Å². The summed E-state index contributed by atoms with van der Waals surface area (Å²) >= 11 is 6.55. The van der Waals surface area contributed by atoms with Crippen molar-refractivity contribution in [2.24, 2.45) is 0 Å². The maximum Gasteiger partial charge on any atom is 0.267 e. The Morgan fingerprint density at radius 2 is 1.84 bits per heavy atom. The van der Waals surface area contributed by atoms with Crippen LogP contribution in [0.5, 0.6) is 0 Å². The molecule has 3 aliphatic heterocycles. The minimum atomic E-state index is -3.16. The normalized spacial score (nSPS) is 25.1. The van der Waals surface area contributed by atoms with E-state index in [1.807, 2.05) is 24.3 Å². The van der Waals surface area contributed by atoms with Crippen molar-refractivity contribution in [3.63, 3.8) is 0 Å². The molecule has 1 aromatic carbocycles. The van der Waals surface area contributed by atoms with Crippen LogP contribution in [0, 0.1) is 0 Å². The molecule has 1 aromatic rings. The summed E-state index contributed by atoms with van der Waals surface area (Å²) in [4.78, 5) is 30.2. The Balaban J connectivity index is 1.62. The number of rotatable bonds is 7. The van der Waals surface area contributed by atoms with E-state index in [1.165, 1.54) is 17.7 Å². The Morgan fingerprint density at radius 1 is 1.10 bits per heavy atom. The smallest absolute Gasteiger partial charge is 0.267 e. The zero-order chi connectivity index (χ0) is 22.2. The molecule has 9 heteroatoms. The Bertz CT molecular complexity index is 1060. The van der Waals surface area contributed by atoms with Crippen molar-refractivity contribution >= 4 is 61.2 Å². The van der Waals surface area contributed by atoms with Crippen molar-refractivity contribution < 1.29 is 18.0 Å². The van der Waals surface area contributed by atoms with Crippen LogP contribution in [0.25, 0.3) is 5.57 Å². The van der Waals surface area contributed by atoms with E-state index in [1.54, 1.807) is 4.90 Å². The first-order chi connectivity index (χ1) is 14.8. The Morgan fingerprint density at radius 3 is 2.55 bits per heavy atom. The fraction of sp³-hybridized carbons (Fsp3) is 0.500. The minimum Gasteiger partial charge on any atom is -0.308 e. The maximum atomic E-state index is 13.4. The van der Waals surface area contributed by atoms with Crippen molar-refractivity contribution in [3.05, 3.63) is 34.7 Å². The number of fused-ring (bicyclic) bond motifs is 1. The molecule has 0 bridgehead atoms. The SMILES string of the molecule is CCCCCCCN1C(=O)/C(=C2\SC(=S)N([C@@H]3CCS(=O)(=O)C3)C2=O)c2ccccc21. The van der Waals surface area contributed by atoms with Crippen LogP contribution in [-0.2, 0) is 19.4 Å². The molecule has 2 fully saturated rings. The molecular weight excluding hydrogens is 452 g/mol. The van der Waals surface area contributed by atoms with Gasteiger partial charge in [-0.25, -0.2) is 8.42 Å². The Kier molecular flexibility index (Phi) is 6.55. The summed E-state index contributed by atoms with van der Waals surface area (Å²) in [7, 11) is -3.16. The number of carbonyl (C=O) groups excluding carboxylic acids is 2. The van der Waals surface area contributed by atoms with Crippen LogP contribution in [-0.4, -0.2) is 53.5 Å². The third-order valence-corrected chi connectivity index (χ3v) is 9.16. The van der Waals surface area contributed by atoms with Gasteiger partial charge in [-0.1, -0.05) is 74.8 Å². The number of anilines is 1. The van der Waals surface area contributed by atoms with E-state index in [2.05, 4.69) is 6.92 Å². The lowest BCUT2D eigenvalue weighted by Crippen LogP contribution is -2.39. The molecule has 31 heavy (non-hydrogen) atoms. The lowest BCUT2D eigenvalue weighted by molar-refractivity contribution is -0.123. The van der Waals surface area contributed by atoms with Crippen LogP contribution in [0.15, 0.2) is 29.2 Å². The Hall–Kier alpha value is -1.71. The molecule has 0 unspecified atom stereocenters. The number of nitrogens with zero attached hydrogens (tertiary/aromatic N) is 2. The van der Waals surface area contributed by atoms with E-state index in [4.69, 9.17) is 12.2 Å². The first-order valence-corrected chi connectivity index (χ1v) is 13.8. The van der Waals surface area contributed by atoms with Crippen molar-refractivity contribution in [2.75, 3.05) is 23.0 Å². The molecular formula is C22H26N2O4S3. The molecule has 3 heterocycles. The predicted octanol–water partition coefficient (Wildman–Crippen LogP) is 3.76. The molecule has 2 amide bonds. The zero-order valence-electron chi connectivity index (χ0n) is 17.5. The molecule has 166 valence electrons. The van der Waals surface area contributed by atoms with Gasteiger partial charge in [-0.3, -0.25) is 14.5 Å². The van der Waals surface area contributed by atoms with Gasteiger partial charge in [0.05, 0.1) is 33.7 Å². The zero-order valence-corrected chi connectivity index (χ0v) is 20.0. The number of carbonyl (C=O) groups is 2. The van der Waals surface area contributed by atoms with E-state index in [-0.39, 0.29) is 23.3 Å². The van der Waals surface area contributed by atoms with Gasteiger partial charge in [0, 0.05) is 12.1 Å². The number of hydrogen-bond acceptors (Lipinski definition) is 6. The van der Waals surface area contributed by atoms with Crippen LogP contribution in [0.1, 0.15) is 51.0 Å². The fourth-order valence-corrected chi connectivity index (χ4v) is 7.59. The van der Waals surface area contributed by atoms with Crippen LogP contribution < -0.4 is 4.90 Å². The summed E-state index contributed by atoms with van der Waals surface area (Å²) in [5, 5.41) is 0. The van der Waals surface area contributed by atoms with Crippen LogP contribution >= 0.6 is 24.0 Å². The average Bonchev–Trinajstić information content (AvgIpc) is 3.32. The van der Waals surface area contributed by atoms with Crippen LogP contribution in [0.2, 0.25) is 0 Å². The molecule has 4 rings (SSSR count).